The third-order valence-electron chi connectivity index (χ3n) is 14.6. The van der Waals surface area contributed by atoms with Gasteiger partial charge in [0.2, 0.25) is 11.8 Å². The molecule has 0 radical (unpaired) electrons. The number of carbonyl (C=O) groups excluding carboxylic acids is 4. The van der Waals surface area contributed by atoms with Crippen LogP contribution in [0.15, 0.2) is 72.8 Å². The molecule has 4 aliphatic carbocycles. The van der Waals surface area contributed by atoms with Crippen molar-refractivity contribution in [2.24, 2.45) is 11.5 Å². The van der Waals surface area contributed by atoms with Crippen molar-refractivity contribution in [3.8, 4) is 0 Å². The predicted molar refractivity (Wildman–Crippen MR) is 221 cm³/mol. The Morgan fingerprint density at radius 1 is 0.600 bits per heavy atom. The van der Waals surface area contributed by atoms with Gasteiger partial charge in [-0.2, -0.15) is 0 Å². The molecule has 316 valence electrons. The molecule has 0 aromatic heterocycles. The van der Waals surface area contributed by atoms with Gasteiger partial charge in [-0.25, -0.2) is 9.59 Å². The van der Waals surface area contributed by atoms with Crippen molar-refractivity contribution in [2.45, 2.75) is 111 Å². The molecule has 3 heterocycles. The number of nitrogens with two attached hydrogens (primary N) is 2. The summed E-state index contributed by atoms with van der Waals surface area (Å²) >= 11 is 6.47. The highest BCUT2D eigenvalue weighted by Gasteiger charge is 2.67. The van der Waals surface area contributed by atoms with Crippen molar-refractivity contribution in [1.29, 1.82) is 0 Å². The van der Waals surface area contributed by atoms with Gasteiger partial charge in [0.15, 0.2) is 0 Å². The van der Waals surface area contributed by atoms with Gasteiger partial charge in [-0.15, -0.1) is 0 Å². The third-order valence-corrected chi connectivity index (χ3v) is 14.8. The Labute approximate surface area is 352 Å². The van der Waals surface area contributed by atoms with Crippen molar-refractivity contribution < 1.29 is 39.0 Å². The SMILES string of the molecule is CC1(CC(N)=O)c2ccc(cc2)[C@]1(C(=O)NC(=O)O)N1CCCC1C1CC[C@H](C2CCCN2[C@@]2(C(=O)NC(=O)O)c3ccc(cc3)C2(C)CC(N)=O)N1c1ccc(Cl)cc1. The van der Waals surface area contributed by atoms with E-state index in [1.54, 1.807) is 0 Å². The van der Waals surface area contributed by atoms with E-state index in [0.717, 1.165) is 5.69 Å². The van der Waals surface area contributed by atoms with Gasteiger partial charge in [-0.3, -0.25) is 39.6 Å². The van der Waals surface area contributed by atoms with Gasteiger partial charge in [-0.05, 0) is 98.1 Å². The van der Waals surface area contributed by atoms with Crippen LogP contribution in [0.25, 0.3) is 0 Å². The van der Waals surface area contributed by atoms with Crippen LogP contribution in [-0.4, -0.2) is 93.1 Å². The highest BCUT2D eigenvalue weighted by Crippen LogP contribution is 2.58. The molecule has 8 atom stereocenters. The number of hydrogen-bond acceptors (Lipinski definition) is 9. The van der Waals surface area contributed by atoms with Crippen LogP contribution in [-0.2, 0) is 41.1 Å². The highest BCUT2D eigenvalue weighted by molar-refractivity contribution is 6.30. The first-order valence-corrected chi connectivity index (χ1v) is 20.8. The molecule has 15 nitrogen and oxygen atoms in total. The Hall–Kier alpha value is -5.51. The number of amides is 6. The number of anilines is 1. The van der Waals surface area contributed by atoms with Crippen molar-refractivity contribution in [3.63, 3.8) is 0 Å². The number of hydrogen-bond donors (Lipinski definition) is 6. The molecule has 16 heteroatoms. The smallest absolute Gasteiger partial charge is 0.411 e. The maximum absolute atomic E-state index is 14.8. The number of carboxylic acid groups (broad SMARTS) is 2. The lowest BCUT2D eigenvalue weighted by Gasteiger charge is -2.58. The Balaban J connectivity index is 1.27. The van der Waals surface area contributed by atoms with Gasteiger partial charge in [0.1, 0.15) is 11.1 Å². The number of likely N-dealkylation sites (tertiary alicyclic amines) is 2. The summed E-state index contributed by atoms with van der Waals surface area (Å²) in [6.07, 6.45) is 0.481. The normalized spacial score (nSPS) is 31.9. The largest absolute Gasteiger partial charge is 0.465 e. The molecule has 3 aromatic rings. The van der Waals surface area contributed by atoms with Crippen LogP contribution in [0.2, 0.25) is 5.02 Å². The number of carbonyl (C=O) groups is 6. The monoisotopic (exact) mass is 839 g/mol. The first-order chi connectivity index (χ1) is 28.5. The van der Waals surface area contributed by atoms with E-state index in [2.05, 4.69) is 25.3 Å². The second kappa shape index (κ2) is 14.9. The first-order valence-electron chi connectivity index (χ1n) is 20.5. The zero-order valence-electron chi connectivity index (χ0n) is 33.5. The summed E-state index contributed by atoms with van der Waals surface area (Å²) in [6.45, 7) is 4.47. The molecule has 8 N–H and O–H groups in total. The molecule has 5 unspecified atom stereocenters. The Kier molecular flexibility index (Phi) is 10.2. The molecule has 3 aliphatic heterocycles. The number of halogens is 1. The molecular formula is C44H50ClN7O8. The number of nitrogens with zero attached hydrogens (tertiary/aromatic N) is 3. The molecule has 3 aromatic carbocycles. The summed E-state index contributed by atoms with van der Waals surface area (Å²) in [6, 6.07) is 21.0. The van der Waals surface area contributed by atoms with Gasteiger partial charge in [0.05, 0.1) is 0 Å². The van der Waals surface area contributed by atoms with E-state index >= 15 is 0 Å². The summed E-state index contributed by atoms with van der Waals surface area (Å²) in [7, 11) is 0. The first kappa shape index (κ1) is 41.2. The fourth-order valence-corrected chi connectivity index (χ4v) is 12.7. The molecule has 4 bridgehead atoms. The van der Waals surface area contributed by atoms with Crippen LogP contribution >= 0.6 is 11.6 Å². The Morgan fingerprint density at radius 2 is 0.967 bits per heavy atom. The zero-order valence-corrected chi connectivity index (χ0v) is 34.3. The summed E-state index contributed by atoms with van der Waals surface area (Å²) in [5.41, 5.74) is 9.49. The fourth-order valence-electron chi connectivity index (χ4n) is 12.6. The fraction of sp³-hybridized carbons (Fsp3) is 0.455. The Morgan fingerprint density at radius 3 is 1.32 bits per heavy atom. The Bertz CT molecular complexity index is 2120. The minimum absolute atomic E-state index is 0.215. The summed E-state index contributed by atoms with van der Waals surface area (Å²) in [4.78, 5) is 86.4. The molecule has 6 amide bonds. The number of primary amides is 2. The van der Waals surface area contributed by atoms with Crippen molar-refractivity contribution in [3.05, 3.63) is 100 Å². The van der Waals surface area contributed by atoms with Crippen LogP contribution in [0.1, 0.15) is 87.5 Å². The molecule has 7 aliphatic rings. The van der Waals surface area contributed by atoms with E-state index in [9.17, 15) is 39.0 Å². The van der Waals surface area contributed by atoms with Crippen molar-refractivity contribution in [2.75, 3.05) is 18.0 Å². The maximum atomic E-state index is 14.8. The molecule has 60 heavy (non-hydrogen) atoms. The minimum atomic E-state index is -1.62. The van der Waals surface area contributed by atoms with Gasteiger partial charge in [0.25, 0.3) is 11.8 Å². The number of benzene rings is 3. The summed E-state index contributed by atoms with van der Waals surface area (Å²) < 4.78 is 0. The standard InChI is InChI=1S/C44H50ClN7O8/c1-41(23-35(46)53)25-7-11-27(12-8-25)43(41,37(55)48-39(57)58)50-21-3-5-31(50)33-19-20-34(52(33)30-17-15-29(45)16-18-30)32-6-4-22-51(32)44(38(56)49-40(59)60)28-13-9-26(10-14-28)42(44,2)24-36(47)54/h7-18,31-34H,3-6,19-24H2,1-2H3,(H2,46,53)(H2,47,54)(H,48,55)(H,49,56)(H,57,58)(H,59,60)/t31?,32?,33-,34?,41?,42?,43-,44-/m1/s1. The predicted octanol–water partition coefficient (Wildman–Crippen LogP) is 4.28. The van der Waals surface area contributed by atoms with E-state index in [1.165, 1.54) is 0 Å². The number of rotatable bonds is 11. The van der Waals surface area contributed by atoms with Crippen LogP contribution in [0.5, 0.6) is 0 Å². The minimum Gasteiger partial charge on any atom is -0.465 e. The number of imide groups is 2. The molecule has 10 rings (SSSR count). The summed E-state index contributed by atoms with van der Waals surface area (Å²) in [5, 5.41) is 24.9. The number of fused-ring (bicyclic) bond motifs is 6. The molecule has 0 spiro atoms. The van der Waals surface area contributed by atoms with E-state index < -0.39 is 57.7 Å². The van der Waals surface area contributed by atoms with E-state index in [4.69, 9.17) is 23.1 Å². The van der Waals surface area contributed by atoms with Crippen LogP contribution in [0, 0.1) is 0 Å². The second-order valence-electron chi connectivity index (χ2n) is 17.4. The summed E-state index contributed by atoms with van der Waals surface area (Å²) in [5.74, 6) is -2.78. The van der Waals surface area contributed by atoms with E-state index in [1.807, 2.05) is 86.6 Å². The van der Waals surface area contributed by atoms with Crippen LogP contribution < -0.4 is 27.0 Å². The van der Waals surface area contributed by atoms with Crippen molar-refractivity contribution >= 4 is 53.1 Å². The molecule has 0 saturated carbocycles. The third kappa shape index (κ3) is 5.91. The van der Waals surface area contributed by atoms with Crippen LogP contribution in [0.3, 0.4) is 0 Å². The average molecular weight is 840 g/mol. The lowest BCUT2D eigenvalue weighted by Crippen LogP contribution is -2.72. The molecular weight excluding hydrogens is 790 g/mol. The van der Waals surface area contributed by atoms with E-state index in [0.29, 0.717) is 78.9 Å². The van der Waals surface area contributed by atoms with Gasteiger partial charge in [-0.1, -0.05) is 74.0 Å². The van der Waals surface area contributed by atoms with E-state index in [-0.39, 0.29) is 37.0 Å². The molecule has 3 fully saturated rings. The maximum Gasteiger partial charge on any atom is 0.411 e. The lowest BCUT2D eigenvalue weighted by atomic mass is 9.56. The topological polar surface area (TPSA) is 229 Å². The zero-order chi connectivity index (χ0) is 42.9. The van der Waals surface area contributed by atoms with Gasteiger partial charge in [0, 0.05) is 58.5 Å². The quantitative estimate of drug-likeness (QED) is 0.160. The molecule has 3 saturated heterocycles. The lowest BCUT2D eigenvalue weighted by molar-refractivity contribution is -0.144. The van der Waals surface area contributed by atoms with Gasteiger partial charge < -0.3 is 26.6 Å². The van der Waals surface area contributed by atoms with Crippen LogP contribution in [0.4, 0.5) is 15.3 Å². The van der Waals surface area contributed by atoms with Gasteiger partial charge >= 0.3 is 12.2 Å². The second-order valence-corrected chi connectivity index (χ2v) is 17.9. The van der Waals surface area contributed by atoms with Crippen molar-refractivity contribution in [1.82, 2.24) is 20.4 Å². The highest BCUT2D eigenvalue weighted by atomic mass is 35.5. The average Bonchev–Trinajstić information content (AvgIpc) is 3.95. The number of nitrogens with one attached hydrogen (secondary N) is 2.